The second kappa shape index (κ2) is 7.79. The van der Waals surface area contributed by atoms with Gasteiger partial charge in [0.25, 0.3) is 0 Å². The first-order chi connectivity index (χ1) is 10.1. The van der Waals surface area contributed by atoms with Gasteiger partial charge >= 0.3 is 0 Å². The van der Waals surface area contributed by atoms with Crippen LogP contribution in [-0.4, -0.2) is 6.54 Å². The SMILES string of the molecule is CCCNC(Cc1cccc(Cl)c1Cl)c1ccccc1F. The smallest absolute Gasteiger partial charge is 0.127 e. The molecule has 0 aliphatic rings. The maximum absolute atomic E-state index is 14.1. The second-order valence-electron chi connectivity index (χ2n) is 4.95. The first-order valence-corrected chi connectivity index (χ1v) is 7.79. The Morgan fingerprint density at radius 3 is 2.57 bits per heavy atom. The zero-order chi connectivity index (χ0) is 15.2. The van der Waals surface area contributed by atoms with Crippen LogP contribution >= 0.6 is 23.2 Å². The van der Waals surface area contributed by atoms with Gasteiger partial charge in [0.05, 0.1) is 10.0 Å². The average molecular weight is 326 g/mol. The van der Waals surface area contributed by atoms with Crippen molar-refractivity contribution < 1.29 is 4.39 Å². The molecule has 21 heavy (non-hydrogen) atoms. The number of nitrogens with one attached hydrogen (secondary N) is 1. The molecule has 1 atom stereocenters. The quantitative estimate of drug-likeness (QED) is 0.748. The van der Waals surface area contributed by atoms with Crippen molar-refractivity contribution in [3.05, 3.63) is 69.5 Å². The average Bonchev–Trinajstić information content (AvgIpc) is 2.48. The van der Waals surface area contributed by atoms with E-state index in [0.717, 1.165) is 18.5 Å². The van der Waals surface area contributed by atoms with E-state index in [1.54, 1.807) is 18.2 Å². The van der Waals surface area contributed by atoms with E-state index in [-0.39, 0.29) is 11.9 Å². The molecule has 0 radical (unpaired) electrons. The summed E-state index contributed by atoms with van der Waals surface area (Å²) in [4.78, 5) is 0. The van der Waals surface area contributed by atoms with Gasteiger partial charge in [-0.2, -0.15) is 0 Å². The van der Waals surface area contributed by atoms with Gasteiger partial charge in [-0.1, -0.05) is 60.5 Å². The van der Waals surface area contributed by atoms with E-state index in [9.17, 15) is 4.39 Å². The molecule has 1 N–H and O–H groups in total. The lowest BCUT2D eigenvalue weighted by molar-refractivity contribution is 0.497. The van der Waals surface area contributed by atoms with E-state index in [0.29, 0.717) is 22.0 Å². The monoisotopic (exact) mass is 325 g/mol. The highest BCUT2D eigenvalue weighted by Crippen LogP contribution is 2.30. The third kappa shape index (κ3) is 4.19. The van der Waals surface area contributed by atoms with Crippen LogP contribution in [0.15, 0.2) is 42.5 Å². The van der Waals surface area contributed by atoms with E-state index in [1.165, 1.54) is 6.07 Å². The second-order valence-corrected chi connectivity index (χ2v) is 5.73. The molecule has 0 saturated carbocycles. The Morgan fingerprint density at radius 2 is 1.86 bits per heavy atom. The molecule has 0 amide bonds. The fraction of sp³-hybridized carbons (Fsp3) is 0.294. The fourth-order valence-electron chi connectivity index (χ4n) is 2.29. The lowest BCUT2D eigenvalue weighted by Gasteiger charge is -2.20. The van der Waals surface area contributed by atoms with Gasteiger partial charge in [0.2, 0.25) is 0 Å². The molecule has 0 saturated heterocycles. The molecule has 4 heteroatoms. The molecule has 2 aromatic carbocycles. The fourth-order valence-corrected chi connectivity index (χ4v) is 2.69. The summed E-state index contributed by atoms with van der Waals surface area (Å²) in [6.45, 7) is 2.90. The van der Waals surface area contributed by atoms with Crippen molar-refractivity contribution >= 4 is 23.2 Å². The Kier molecular flexibility index (Phi) is 6.04. The molecule has 0 aromatic heterocycles. The van der Waals surface area contributed by atoms with Gasteiger partial charge in [-0.25, -0.2) is 4.39 Å². The zero-order valence-corrected chi connectivity index (χ0v) is 13.4. The first kappa shape index (κ1) is 16.3. The van der Waals surface area contributed by atoms with Crippen LogP contribution in [0.3, 0.4) is 0 Å². The van der Waals surface area contributed by atoms with E-state index in [2.05, 4.69) is 12.2 Å². The summed E-state index contributed by atoms with van der Waals surface area (Å²) in [5.74, 6) is -0.204. The zero-order valence-electron chi connectivity index (χ0n) is 11.9. The van der Waals surface area contributed by atoms with Crippen molar-refractivity contribution in [2.24, 2.45) is 0 Å². The summed E-state index contributed by atoms with van der Waals surface area (Å²) in [7, 11) is 0. The molecule has 0 bridgehead atoms. The number of benzene rings is 2. The third-order valence-electron chi connectivity index (χ3n) is 3.38. The van der Waals surface area contributed by atoms with E-state index >= 15 is 0 Å². The minimum Gasteiger partial charge on any atom is -0.310 e. The maximum Gasteiger partial charge on any atom is 0.127 e. The van der Waals surface area contributed by atoms with Gasteiger partial charge in [-0.05, 0) is 37.1 Å². The number of hydrogen-bond donors (Lipinski definition) is 1. The van der Waals surface area contributed by atoms with Crippen LogP contribution in [0, 0.1) is 5.82 Å². The molecule has 112 valence electrons. The summed E-state index contributed by atoms with van der Waals surface area (Å²) in [6.07, 6.45) is 1.58. The Hall–Kier alpha value is -1.09. The van der Waals surface area contributed by atoms with Gasteiger partial charge in [-0.15, -0.1) is 0 Å². The molecule has 0 spiro atoms. The molecule has 0 aliphatic carbocycles. The molecule has 1 unspecified atom stereocenters. The van der Waals surface area contributed by atoms with Gasteiger partial charge in [0.15, 0.2) is 0 Å². The van der Waals surface area contributed by atoms with Crippen molar-refractivity contribution in [3.63, 3.8) is 0 Å². The normalized spacial score (nSPS) is 12.4. The van der Waals surface area contributed by atoms with Gasteiger partial charge < -0.3 is 5.32 Å². The summed E-state index contributed by atoms with van der Waals surface area (Å²) >= 11 is 12.3. The van der Waals surface area contributed by atoms with Crippen LogP contribution in [-0.2, 0) is 6.42 Å². The lowest BCUT2D eigenvalue weighted by Crippen LogP contribution is -2.25. The molecule has 2 aromatic rings. The Morgan fingerprint density at radius 1 is 1.10 bits per heavy atom. The van der Waals surface area contributed by atoms with Crippen LogP contribution < -0.4 is 5.32 Å². The van der Waals surface area contributed by atoms with Crippen molar-refractivity contribution in [3.8, 4) is 0 Å². The van der Waals surface area contributed by atoms with Crippen LogP contribution in [0.1, 0.15) is 30.5 Å². The first-order valence-electron chi connectivity index (χ1n) is 7.04. The summed E-state index contributed by atoms with van der Waals surface area (Å²) in [5, 5.41) is 4.45. The molecule has 2 rings (SSSR count). The Labute approximate surface area is 135 Å². The summed E-state index contributed by atoms with van der Waals surface area (Å²) in [5.41, 5.74) is 1.57. The highest BCUT2D eigenvalue weighted by Gasteiger charge is 2.17. The third-order valence-corrected chi connectivity index (χ3v) is 4.24. The van der Waals surface area contributed by atoms with Gasteiger partial charge in [-0.3, -0.25) is 0 Å². The van der Waals surface area contributed by atoms with Crippen LogP contribution in [0.2, 0.25) is 10.0 Å². The standard InChI is InChI=1S/C17H18Cl2FN/c1-2-10-21-16(13-7-3-4-9-15(13)20)11-12-6-5-8-14(18)17(12)19/h3-9,16,21H,2,10-11H2,1H3. The van der Waals surface area contributed by atoms with E-state index in [1.807, 2.05) is 18.2 Å². The molecule has 0 heterocycles. The largest absolute Gasteiger partial charge is 0.310 e. The predicted octanol–water partition coefficient (Wildman–Crippen LogP) is 5.42. The van der Waals surface area contributed by atoms with Crippen LogP contribution in [0.25, 0.3) is 0 Å². The van der Waals surface area contributed by atoms with Gasteiger partial charge in [0.1, 0.15) is 5.82 Å². The van der Waals surface area contributed by atoms with Crippen molar-refractivity contribution in [2.45, 2.75) is 25.8 Å². The van der Waals surface area contributed by atoms with Gasteiger partial charge in [0, 0.05) is 11.6 Å². The highest BCUT2D eigenvalue weighted by molar-refractivity contribution is 6.42. The lowest BCUT2D eigenvalue weighted by atomic mass is 9.98. The summed E-state index contributed by atoms with van der Waals surface area (Å²) in [6, 6.07) is 12.3. The molecular formula is C17H18Cl2FN. The van der Waals surface area contributed by atoms with Crippen LogP contribution in [0.5, 0.6) is 0 Å². The topological polar surface area (TPSA) is 12.0 Å². The Bertz CT molecular complexity index is 601. The molecule has 0 fully saturated rings. The molecular weight excluding hydrogens is 308 g/mol. The maximum atomic E-state index is 14.1. The van der Waals surface area contributed by atoms with Crippen molar-refractivity contribution in [1.29, 1.82) is 0 Å². The highest BCUT2D eigenvalue weighted by atomic mass is 35.5. The molecule has 1 nitrogen and oxygen atoms in total. The van der Waals surface area contributed by atoms with Crippen LogP contribution in [0.4, 0.5) is 4.39 Å². The predicted molar refractivity (Wildman–Crippen MR) is 87.6 cm³/mol. The number of hydrogen-bond acceptors (Lipinski definition) is 1. The number of rotatable bonds is 6. The minimum atomic E-state index is -0.204. The van der Waals surface area contributed by atoms with E-state index in [4.69, 9.17) is 23.2 Å². The minimum absolute atomic E-state index is 0.123. The van der Waals surface area contributed by atoms with Crippen molar-refractivity contribution in [2.75, 3.05) is 6.54 Å². The van der Waals surface area contributed by atoms with Crippen molar-refractivity contribution in [1.82, 2.24) is 5.32 Å². The number of halogens is 3. The Balaban J connectivity index is 2.28. The molecule has 0 aliphatic heterocycles. The summed E-state index contributed by atoms with van der Waals surface area (Å²) < 4.78 is 14.1. The van der Waals surface area contributed by atoms with E-state index < -0.39 is 0 Å².